The van der Waals surface area contributed by atoms with Crippen LogP contribution in [-0.2, 0) is 14.2 Å². The van der Waals surface area contributed by atoms with Gasteiger partial charge >= 0.3 is 6.03 Å². The minimum atomic E-state index is -0.106. The molecule has 0 aromatic rings. The van der Waals surface area contributed by atoms with Crippen LogP contribution < -0.4 is 10.6 Å². The van der Waals surface area contributed by atoms with E-state index in [0.29, 0.717) is 33.0 Å². The number of ether oxygens (including phenoxy) is 3. The van der Waals surface area contributed by atoms with Gasteiger partial charge in [-0.3, -0.25) is 0 Å². The second-order valence-electron chi connectivity index (χ2n) is 4.27. The van der Waals surface area contributed by atoms with E-state index in [1.165, 1.54) is 0 Å². The zero-order valence-electron chi connectivity index (χ0n) is 11.1. The largest absolute Gasteiger partial charge is 0.382 e. The van der Waals surface area contributed by atoms with Crippen LogP contribution in [-0.4, -0.2) is 58.8 Å². The highest BCUT2D eigenvalue weighted by Gasteiger charge is 2.16. The molecule has 6 heteroatoms. The number of amides is 2. The zero-order valence-corrected chi connectivity index (χ0v) is 11.1. The average molecular weight is 260 g/mol. The lowest BCUT2D eigenvalue weighted by atomic mass is 10.3. The van der Waals surface area contributed by atoms with Crippen LogP contribution in [0.1, 0.15) is 19.3 Å². The normalized spacial score (nSPS) is 18.8. The highest BCUT2D eigenvalue weighted by molar-refractivity contribution is 5.74. The maximum Gasteiger partial charge on any atom is 0.315 e. The van der Waals surface area contributed by atoms with Crippen molar-refractivity contribution in [1.29, 1.82) is 0 Å². The second-order valence-corrected chi connectivity index (χ2v) is 4.27. The van der Waals surface area contributed by atoms with Crippen molar-refractivity contribution < 1.29 is 19.0 Å². The molecule has 0 aromatic carbocycles. The van der Waals surface area contributed by atoms with Gasteiger partial charge in [-0.15, -0.1) is 0 Å². The Morgan fingerprint density at radius 3 is 2.94 bits per heavy atom. The third-order valence-electron chi connectivity index (χ3n) is 2.70. The van der Waals surface area contributed by atoms with Gasteiger partial charge in [0.05, 0.1) is 25.9 Å². The van der Waals surface area contributed by atoms with Crippen LogP contribution >= 0.6 is 0 Å². The standard InChI is InChI=1S/C12H24N2O4/c1-16-8-9-17-6-3-2-5-13-12(15)14-11-4-7-18-10-11/h11H,2-10H2,1H3,(H2,13,14,15). The van der Waals surface area contributed by atoms with Gasteiger partial charge in [0.1, 0.15) is 0 Å². The van der Waals surface area contributed by atoms with Crippen molar-refractivity contribution >= 4 is 6.03 Å². The summed E-state index contributed by atoms with van der Waals surface area (Å²) in [6.07, 6.45) is 2.76. The van der Waals surface area contributed by atoms with Gasteiger partial charge in [-0.05, 0) is 19.3 Å². The van der Waals surface area contributed by atoms with Crippen molar-refractivity contribution in [2.75, 3.05) is 46.7 Å². The van der Waals surface area contributed by atoms with E-state index in [1.807, 2.05) is 0 Å². The van der Waals surface area contributed by atoms with Crippen LogP contribution in [0.25, 0.3) is 0 Å². The monoisotopic (exact) mass is 260 g/mol. The van der Waals surface area contributed by atoms with E-state index in [2.05, 4.69) is 10.6 Å². The number of urea groups is 1. The van der Waals surface area contributed by atoms with Gasteiger partial charge in [-0.2, -0.15) is 0 Å². The van der Waals surface area contributed by atoms with E-state index in [1.54, 1.807) is 7.11 Å². The van der Waals surface area contributed by atoms with Crippen LogP contribution in [0.4, 0.5) is 4.79 Å². The molecule has 1 aliphatic rings. The fraction of sp³-hybridized carbons (Fsp3) is 0.917. The molecule has 0 radical (unpaired) electrons. The Kier molecular flexibility index (Phi) is 8.54. The topological polar surface area (TPSA) is 68.8 Å². The molecule has 0 bridgehead atoms. The van der Waals surface area contributed by atoms with Crippen molar-refractivity contribution in [2.24, 2.45) is 0 Å². The van der Waals surface area contributed by atoms with Crippen molar-refractivity contribution in [3.05, 3.63) is 0 Å². The number of carbonyl (C=O) groups excluding carboxylic acids is 1. The lowest BCUT2D eigenvalue weighted by molar-refractivity contribution is 0.0688. The third kappa shape index (κ3) is 7.47. The molecule has 1 fully saturated rings. The number of hydrogen-bond donors (Lipinski definition) is 2. The van der Waals surface area contributed by atoms with E-state index < -0.39 is 0 Å². The molecule has 1 aliphatic heterocycles. The predicted octanol–water partition coefficient (Wildman–Crippen LogP) is 0.518. The van der Waals surface area contributed by atoms with E-state index in [4.69, 9.17) is 14.2 Å². The van der Waals surface area contributed by atoms with Gasteiger partial charge in [-0.25, -0.2) is 4.79 Å². The van der Waals surface area contributed by atoms with E-state index >= 15 is 0 Å². The quantitative estimate of drug-likeness (QED) is 0.593. The SMILES string of the molecule is COCCOCCCCNC(=O)NC1CCOC1. The summed E-state index contributed by atoms with van der Waals surface area (Å²) in [7, 11) is 1.65. The summed E-state index contributed by atoms with van der Waals surface area (Å²) < 4.78 is 15.4. The van der Waals surface area contributed by atoms with E-state index in [9.17, 15) is 4.79 Å². The molecule has 1 heterocycles. The van der Waals surface area contributed by atoms with Crippen LogP contribution in [0.5, 0.6) is 0 Å². The number of methoxy groups -OCH3 is 1. The van der Waals surface area contributed by atoms with Crippen LogP contribution in [0.2, 0.25) is 0 Å². The molecule has 18 heavy (non-hydrogen) atoms. The number of rotatable bonds is 9. The summed E-state index contributed by atoms with van der Waals surface area (Å²) >= 11 is 0. The molecule has 0 aliphatic carbocycles. The third-order valence-corrected chi connectivity index (χ3v) is 2.70. The molecule has 1 atom stereocenters. The molecule has 1 unspecified atom stereocenters. The average Bonchev–Trinajstić information content (AvgIpc) is 2.85. The first-order valence-corrected chi connectivity index (χ1v) is 6.51. The molecule has 0 spiro atoms. The van der Waals surface area contributed by atoms with Crippen molar-refractivity contribution in [2.45, 2.75) is 25.3 Å². The summed E-state index contributed by atoms with van der Waals surface area (Å²) in [5, 5.41) is 5.70. The lowest BCUT2D eigenvalue weighted by Gasteiger charge is -2.11. The fourth-order valence-corrected chi connectivity index (χ4v) is 1.66. The number of carbonyl (C=O) groups is 1. The number of unbranched alkanes of at least 4 members (excludes halogenated alkanes) is 1. The molecule has 0 saturated carbocycles. The minimum absolute atomic E-state index is 0.106. The van der Waals surface area contributed by atoms with Crippen molar-refractivity contribution in [1.82, 2.24) is 10.6 Å². The highest BCUT2D eigenvalue weighted by Crippen LogP contribution is 2.02. The molecule has 2 N–H and O–H groups in total. The van der Waals surface area contributed by atoms with Crippen molar-refractivity contribution in [3.8, 4) is 0 Å². The van der Waals surface area contributed by atoms with Crippen LogP contribution in [0.15, 0.2) is 0 Å². The Morgan fingerprint density at radius 2 is 2.22 bits per heavy atom. The van der Waals surface area contributed by atoms with Crippen LogP contribution in [0, 0.1) is 0 Å². The smallest absolute Gasteiger partial charge is 0.315 e. The predicted molar refractivity (Wildman–Crippen MR) is 67.7 cm³/mol. The molecular formula is C12H24N2O4. The van der Waals surface area contributed by atoms with Gasteiger partial charge in [0.2, 0.25) is 0 Å². The Hall–Kier alpha value is -0.850. The minimum Gasteiger partial charge on any atom is -0.382 e. The molecule has 1 saturated heterocycles. The maximum atomic E-state index is 11.4. The first-order valence-electron chi connectivity index (χ1n) is 6.51. The Bertz CT molecular complexity index is 220. The molecule has 6 nitrogen and oxygen atoms in total. The van der Waals surface area contributed by atoms with Gasteiger partial charge in [0.25, 0.3) is 0 Å². The molecule has 0 aromatic heterocycles. The molecule has 106 valence electrons. The first-order chi connectivity index (χ1) is 8.83. The van der Waals surface area contributed by atoms with Gasteiger partial charge in [0.15, 0.2) is 0 Å². The van der Waals surface area contributed by atoms with Gasteiger partial charge in [-0.1, -0.05) is 0 Å². The Morgan fingerprint density at radius 1 is 1.33 bits per heavy atom. The fourth-order valence-electron chi connectivity index (χ4n) is 1.66. The first kappa shape index (κ1) is 15.2. The zero-order chi connectivity index (χ0) is 13.1. The molecule has 2 amide bonds. The van der Waals surface area contributed by atoms with Gasteiger partial charge in [0, 0.05) is 26.9 Å². The summed E-state index contributed by atoms with van der Waals surface area (Å²) in [4.78, 5) is 11.4. The second kappa shape index (κ2) is 10.1. The van der Waals surface area contributed by atoms with Crippen LogP contribution in [0.3, 0.4) is 0 Å². The number of nitrogens with one attached hydrogen (secondary N) is 2. The summed E-state index contributed by atoms with van der Waals surface area (Å²) in [6.45, 7) is 4.01. The highest BCUT2D eigenvalue weighted by atomic mass is 16.5. The van der Waals surface area contributed by atoms with E-state index in [0.717, 1.165) is 25.9 Å². The Labute approximate surface area is 108 Å². The Balaban J connectivity index is 1.83. The molecular weight excluding hydrogens is 236 g/mol. The van der Waals surface area contributed by atoms with Gasteiger partial charge < -0.3 is 24.8 Å². The maximum absolute atomic E-state index is 11.4. The lowest BCUT2D eigenvalue weighted by Crippen LogP contribution is -2.42. The van der Waals surface area contributed by atoms with E-state index in [-0.39, 0.29) is 12.1 Å². The van der Waals surface area contributed by atoms with Crippen molar-refractivity contribution in [3.63, 3.8) is 0 Å². The molecule has 1 rings (SSSR count). The summed E-state index contributed by atoms with van der Waals surface area (Å²) in [5.41, 5.74) is 0. The number of hydrogen-bond acceptors (Lipinski definition) is 4. The summed E-state index contributed by atoms with van der Waals surface area (Å²) in [6, 6.07) is 0.0631. The summed E-state index contributed by atoms with van der Waals surface area (Å²) in [5.74, 6) is 0.